The van der Waals surface area contributed by atoms with Crippen molar-refractivity contribution < 1.29 is 57.0 Å². The average Bonchev–Trinajstić information content (AvgIpc) is 3.02. The molecule has 4 rings (SSSR count). The maximum Gasteiger partial charge on any atom is 0.295 e. The summed E-state index contributed by atoms with van der Waals surface area (Å²) < 4.78 is 130. The van der Waals surface area contributed by atoms with E-state index in [2.05, 4.69) is 25.2 Å². The highest BCUT2D eigenvalue weighted by atomic mass is 32.2. The molecule has 0 aliphatic heterocycles. The number of hydrogen-bond acceptors (Lipinski definition) is 16. The van der Waals surface area contributed by atoms with E-state index in [1.165, 1.54) is 18.2 Å². The summed E-state index contributed by atoms with van der Waals surface area (Å²) in [7, 11) is -18.0. The quantitative estimate of drug-likeness (QED) is 0.0438. The number of benzene rings is 3. The first-order valence-electron chi connectivity index (χ1n) is 14.3. The lowest BCUT2D eigenvalue weighted by Gasteiger charge is -2.10. The molecule has 0 spiro atoms. The standard InChI is InChI=1S/C27H29N5O13S6/c33-16-18-12-17(13-25-28-26(46-8-2-10-48(34,35)36)30-27(29-25)47-9-3-11-49(37,38)39)6-7-22(18)32-31-19-14-21-20(24(15-19)51(43,44)45)4-1-5-23(21)50(40,41)42/h1,4-7,12,14-15,33H,2-3,8-11,13,16H2,(H,34,35,36)(H,37,38,39)(H,40,41,42)(H,43,44,45). The first-order valence-corrected chi connectivity index (χ1v) is 22.4. The Labute approximate surface area is 301 Å². The molecule has 0 bridgehead atoms. The lowest BCUT2D eigenvalue weighted by molar-refractivity contribution is 0.282. The summed E-state index contributed by atoms with van der Waals surface area (Å²) in [5.41, 5.74) is 0.789. The zero-order valence-corrected chi connectivity index (χ0v) is 30.9. The summed E-state index contributed by atoms with van der Waals surface area (Å²) in [5, 5.41) is 18.2. The molecule has 0 saturated heterocycles. The molecule has 0 atom stereocenters. The normalized spacial score (nSPS) is 13.0. The van der Waals surface area contributed by atoms with E-state index in [4.69, 9.17) is 9.11 Å². The molecule has 0 aliphatic carbocycles. The fourth-order valence-corrected chi connectivity index (χ4v) is 8.92. The van der Waals surface area contributed by atoms with E-state index in [1.807, 2.05) is 0 Å². The molecule has 0 radical (unpaired) electrons. The van der Waals surface area contributed by atoms with Crippen LogP contribution in [0.2, 0.25) is 0 Å². The number of aliphatic hydroxyl groups is 1. The average molecular weight is 824 g/mol. The van der Waals surface area contributed by atoms with Crippen LogP contribution in [0.25, 0.3) is 10.8 Å². The molecule has 0 amide bonds. The molecule has 1 heterocycles. The molecule has 18 nitrogen and oxygen atoms in total. The zero-order chi connectivity index (χ0) is 37.6. The van der Waals surface area contributed by atoms with Crippen LogP contribution in [0.15, 0.2) is 78.9 Å². The van der Waals surface area contributed by atoms with Crippen LogP contribution in [0.4, 0.5) is 11.4 Å². The van der Waals surface area contributed by atoms with Crippen molar-refractivity contribution in [3.05, 3.63) is 65.5 Å². The Morgan fingerprint density at radius 3 is 1.76 bits per heavy atom. The van der Waals surface area contributed by atoms with Crippen molar-refractivity contribution in [3.8, 4) is 0 Å². The van der Waals surface area contributed by atoms with E-state index in [-0.39, 0.29) is 74.6 Å². The first kappa shape index (κ1) is 40.6. The van der Waals surface area contributed by atoms with Gasteiger partial charge in [-0.05, 0) is 42.7 Å². The monoisotopic (exact) mass is 823 g/mol. The van der Waals surface area contributed by atoms with Crippen molar-refractivity contribution >= 4 is 86.1 Å². The first-order chi connectivity index (χ1) is 23.7. The zero-order valence-electron chi connectivity index (χ0n) is 26.0. The van der Waals surface area contributed by atoms with Crippen molar-refractivity contribution in [2.75, 3.05) is 23.0 Å². The van der Waals surface area contributed by atoms with E-state index >= 15 is 0 Å². The highest BCUT2D eigenvalue weighted by molar-refractivity contribution is 7.99. The lowest BCUT2D eigenvalue weighted by atomic mass is 10.1. The molecule has 0 unspecified atom stereocenters. The third-order valence-corrected chi connectivity index (χ3v) is 11.9. The van der Waals surface area contributed by atoms with Gasteiger partial charge in [0.05, 0.1) is 29.5 Å². The molecule has 24 heteroatoms. The summed E-state index contributed by atoms with van der Waals surface area (Å²) in [4.78, 5) is 11.8. The van der Waals surface area contributed by atoms with Gasteiger partial charge in [-0.2, -0.15) is 48.9 Å². The van der Waals surface area contributed by atoms with Crippen molar-refractivity contribution in [2.45, 2.75) is 46.0 Å². The van der Waals surface area contributed by atoms with Gasteiger partial charge in [0.25, 0.3) is 40.5 Å². The van der Waals surface area contributed by atoms with Crippen LogP contribution in [-0.4, -0.2) is 95.0 Å². The lowest BCUT2D eigenvalue weighted by Crippen LogP contribution is -2.07. The number of azo groups is 1. The van der Waals surface area contributed by atoms with Gasteiger partial charge in [-0.3, -0.25) is 18.2 Å². The third-order valence-electron chi connectivity index (χ3n) is 6.60. The van der Waals surface area contributed by atoms with Crippen molar-refractivity contribution in [1.82, 2.24) is 15.0 Å². The minimum absolute atomic E-state index is 0.102. The number of rotatable bonds is 17. The fourth-order valence-electron chi connectivity index (χ4n) is 4.47. The van der Waals surface area contributed by atoms with Gasteiger partial charge in [0.1, 0.15) is 15.6 Å². The molecule has 276 valence electrons. The van der Waals surface area contributed by atoms with Gasteiger partial charge in [-0.25, -0.2) is 9.97 Å². The van der Waals surface area contributed by atoms with Crippen LogP contribution < -0.4 is 0 Å². The highest BCUT2D eigenvalue weighted by Gasteiger charge is 2.21. The number of fused-ring (bicyclic) bond motifs is 1. The Morgan fingerprint density at radius 2 is 1.24 bits per heavy atom. The predicted octanol–water partition coefficient (Wildman–Crippen LogP) is 3.76. The molecular weight excluding hydrogens is 795 g/mol. The summed E-state index contributed by atoms with van der Waals surface area (Å²) in [6.45, 7) is -0.524. The van der Waals surface area contributed by atoms with Gasteiger partial charge in [0.15, 0.2) is 10.3 Å². The SMILES string of the molecule is O=S(=O)(O)CCCSc1nc(Cc2ccc(N=Nc3cc(S(=O)(=O)O)c4cccc(S(=O)(=O)O)c4c3)c(CO)c2)nc(SCCCS(=O)(=O)O)n1. The Balaban J connectivity index is 1.62. The van der Waals surface area contributed by atoms with Crippen LogP contribution in [0, 0.1) is 0 Å². The summed E-state index contributed by atoms with van der Waals surface area (Å²) >= 11 is 2.22. The summed E-state index contributed by atoms with van der Waals surface area (Å²) in [6.07, 6.45) is 0.315. The second-order valence-electron chi connectivity index (χ2n) is 10.5. The molecular formula is C27H29N5O13S6. The molecule has 5 N–H and O–H groups in total. The van der Waals surface area contributed by atoms with Crippen LogP contribution in [0.5, 0.6) is 0 Å². The van der Waals surface area contributed by atoms with Crippen LogP contribution in [-0.2, 0) is 53.5 Å². The molecule has 0 saturated carbocycles. The molecule has 51 heavy (non-hydrogen) atoms. The molecule has 3 aromatic carbocycles. The van der Waals surface area contributed by atoms with Crippen LogP contribution >= 0.6 is 23.5 Å². The van der Waals surface area contributed by atoms with Crippen molar-refractivity contribution in [2.24, 2.45) is 10.2 Å². The van der Waals surface area contributed by atoms with Gasteiger partial charge in [-0.1, -0.05) is 47.8 Å². The Kier molecular flexibility index (Phi) is 13.3. The Hall–Kier alpha value is -3.17. The second-order valence-corrected chi connectivity index (χ2v) is 18.6. The topological polar surface area (TPSA) is 301 Å². The minimum atomic E-state index is -4.88. The predicted molar refractivity (Wildman–Crippen MR) is 186 cm³/mol. The minimum Gasteiger partial charge on any atom is -0.392 e. The number of aliphatic hydroxyl groups excluding tert-OH is 1. The van der Waals surface area contributed by atoms with Gasteiger partial charge >= 0.3 is 0 Å². The van der Waals surface area contributed by atoms with Crippen molar-refractivity contribution in [3.63, 3.8) is 0 Å². The number of nitrogens with zero attached hydrogens (tertiary/aromatic N) is 5. The second kappa shape index (κ2) is 16.7. The summed E-state index contributed by atoms with van der Waals surface area (Å²) in [6, 6.07) is 10.2. The highest BCUT2D eigenvalue weighted by Crippen LogP contribution is 2.34. The summed E-state index contributed by atoms with van der Waals surface area (Å²) in [5.74, 6) is -0.176. The fraction of sp³-hybridized carbons (Fsp3) is 0.296. The van der Waals surface area contributed by atoms with E-state index < -0.39 is 68.4 Å². The Morgan fingerprint density at radius 1 is 0.647 bits per heavy atom. The Bertz CT molecular complexity index is 2350. The van der Waals surface area contributed by atoms with Crippen LogP contribution in [0.3, 0.4) is 0 Å². The molecule has 0 aliphatic rings. The van der Waals surface area contributed by atoms with Gasteiger partial charge < -0.3 is 5.11 Å². The van der Waals surface area contributed by atoms with Gasteiger partial charge in [0, 0.05) is 34.3 Å². The third kappa shape index (κ3) is 12.5. The largest absolute Gasteiger partial charge is 0.392 e. The molecule has 0 fully saturated rings. The van der Waals surface area contributed by atoms with E-state index in [1.54, 1.807) is 12.1 Å². The maximum absolute atomic E-state index is 12.1. The van der Waals surface area contributed by atoms with Crippen molar-refractivity contribution in [1.29, 1.82) is 0 Å². The number of thioether (sulfide) groups is 2. The van der Waals surface area contributed by atoms with E-state index in [0.29, 0.717) is 5.56 Å². The molecule has 1 aromatic heterocycles. The maximum atomic E-state index is 12.1. The number of hydrogen-bond donors (Lipinski definition) is 5. The number of aromatic nitrogens is 3. The van der Waals surface area contributed by atoms with Crippen LogP contribution in [0.1, 0.15) is 29.8 Å². The molecule has 4 aromatic rings. The van der Waals surface area contributed by atoms with E-state index in [9.17, 15) is 47.9 Å². The van der Waals surface area contributed by atoms with Gasteiger partial charge in [-0.15, -0.1) is 0 Å². The smallest absolute Gasteiger partial charge is 0.295 e. The van der Waals surface area contributed by atoms with Gasteiger partial charge in [0.2, 0.25) is 0 Å². The van der Waals surface area contributed by atoms with E-state index in [0.717, 1.165) is 41.7 Å².